The number of carbonyl (C=O) groups is 1. The van der Waals surface area contributed by atoms with Gasteiger partial charge in [-0.05, 0) is 18.6 Å². The summed E-state index contributed by atoms with van der Waals surface area (Å²) in [6.07, 6.45) is 1.77. The van der Waals surface area contributed by atoms with Gasteiger partial charge in [0.15, 0.2) is 0 Å². The van der Waals surface area contributed by atoms with Crippen LogP contribution in [0.3, 0.4) is 0 Å². The Kier molecular flexibility index (Phi) is 4.17. The molecule has 1 unspecified atom stereocenters. The van der Waals surface area contributed by atoms with Crippen LogP contribution in [0.25, 0.3) is 0 Å². The summed E-state index contributed by atoms with van der Waals surface area (Å²) in [7, 11) is 0. The van der Waals surface area contributed by atoms with Crippen LogP contribution in [0.5, 0.6) is 0 Å². The van der Waals surface area contributed by atoms with Gasteiger partial charge in [-0.15, -0.1) is 0 Å². The number of rotatable bonds is 4. The molecule has 1 atom stereocenters. The third kappa shape index (κ3) is 3.28. The van der Waals surface area contributed by atoms with Crippen molar-refractivity contribution in [3.05, 3.63) is 29.8 Å². The molecule has 0 aliphatic heterocycles. The van der Waals surface area contributed by atoms with E-state index in [2.05, 4.69) is 10.3 Å². The van der Waals surface area contributed by atoms with Crippen molar-refractivity contribution in [1.82, 2.24) is 10.3 Å². The van der Waals surface area contributed by atoms with E-state index < -0.39 is 5.82 Å². The zero-order valence-corrected chi connectivity index (χ0v) is 8.53. The molecule has 1 aromatic heterocycles. The minimum absolute atomic E-state index is 0.0654. The fourth-order valence-corrected chi connectivity index (χ4v) is 1.10. The normalized spacial score (nSPS) is 12.2. The van der Waals surface area contributed by atoms with Crippen LogP contribution in [0, 0.1) is 5.82 Å². The monoisotopic (exact) mass is 211 g/mol. The summed E-state index contributed by atoms with van der Waals surface area (Å²) in [5.41, 5.74) is 5.64. The Morgan fingerprint density at radius 1 is 1.67 bits per heavy atom. The molecule has 0 aliphatic rings. The largest absolute Gasteiger partial charge is 0.347 e. The fourth-order valence-electron chi connectivity index (χ4n) is 1.10. The summed E-state index contributed by atoms with van der Waals surface area (Å²) in [5.74, 6) is -0.787. The van der Waals surface area contributed by atoms with Crippen molar-refractivity contribution >= 4 is 5.91 Å². The lowest BCUT2D eigenvalue weighted by atomic mass is 10.2. The number of nitrogens with zero attached hydrogens (tertiary/aromatic N) is 1. The Morgan fingerprint density at radius 3 is 2.87 bits per heavy atom. The number of hydrogen-bond acceptors (Lipinski definition) is 3. The van der Waals surface area contributed by atoms with Crippen molar-refractivity contribution in [2.45, 2.75) is 19.4 Å². The Morgan fingerprint density at radius 2 is 2.40 bits per heavy atom. The van der Waals surface area contributed by atoms with E-state index in [1.807, 2.05) is 6.92 Å². The van der Waals surface area contributed by atoms with E-state index in [1.54, 1.807) is 0 Å². The Hall–Kier alpha value is -1.49. The third-order valence-corrected chi connectivity index (χ3v) is 2.07. The van der Waals surface area contributed by atoms with Crippen molar-refractivity contribution in [1.29, 1.82) is 0 Å². The van der Waals surface area contributed by atoms with Crippen LogP contribution >= 0.6 is 0 Å². The van der Waals surface area contributed by atoms with Crippen LogP contribution in [0.4, 0.5) is 4.39 Å². The number of amides is 1. The van der Waals surface area contributed by atoms with Gasteiger partial charge in [0.2, 0.25) is 0 Å². The molecule has 0 aliphatic carbocycles. The van der Waals surface area contributed by atoms with Gasteiger partial charge in [0.05, 0.1) is 6.20 Å². The number of nitrogens with one attached hydrogen (secondary N) is 1. The molecule has 1 rings (SSSR count). The summed E-state index contributed by atoms with van der Waals surface area (Å²) < 4.78 is 12.5. The molecule has 0 fully saturated rings. The van der Waals surface area contributed by atoms with E-state index in [0.717, 1.165) is 12.6 Å². The minimum atomic E-state index is -0.461. The second-order valence-electron chi connectivity index (χ2n) is 3.18. The smallest absolute Gasteiger partial charge is 0.270 e. The first-order valence-electron chi connectivity index (χ1n) is 4.79. The Bertz CT molecular complexity index is 322. The molecule has 0 bridgehead atoms. The van der Waals surface area contributed by atoms with Crippen LogP contribution in [0.15, 0.2) is 18.3 Å². The first-order chi connectivity index (χ1) is 7.17. The first-order valence-corrected chi connectivity index (χ1v) is 4.79. The first kappa shape index (κ1) is 11.6. The standard InChI is InChI=1S/C10H14FN3O/c1-2-8(5-12)14-10(15)9-4-3-7(11)6-13-9/h3-4,6,8H,2,5,12H2,1H3,(H,14,15). The summed E-state index contributed by atoms with van der Waals surface area (Å²) >= 11 is 0. The number of carbonyl (C=O) groups excluding carboxylic acids is 1. The van der Waals surface area contributed by atoms with Crippen LogP contribution in [0.2, 0.25) is 0 Å². The number of pyridine rings is 1. The second-order valence-corrected chi connectivity index (χ2v) is 3.18. The average Bonchev–Trinajstić information content (AvgIpc) is 2.26. The molecule has 15 heavy (non-hydrogen) atoms. The summed E-state index contributed by atoms with van der Waals surface area (Å²) in [5, 5.41) is 2.70. The lowest BCUT2D eigenvalue weighted by Gasteiger charge is -2.13. The highest BCUT2D eigenvalue weighted by molar-refractivity contribution is 5.92. The van der Waals surface area contributed by atoms with E-state index in [0.29, 0.717) is 6.54 Å². The molecule has 3 N–H and O–H groups in total. The molecule has 0 spiro atoms. The molecular weight excluding hydrogens is 197 g/mol. The zero-order chi connectivity index (χ0) is 11.3. The highest BCUT2D eigenvalue weighted by atomic mass is 19.1. The van der Waals surface area contributed by atoms with E-state index in [1.165, 1.54) is 12.1 Å². The lowest BCUT2D eigenvalue weighted by Crippen LogP contribution is -2.39. The molecule has 1 heterocycles. The molecule has 1 amide bonds. The van der Waals surface area contributed by atoms with Crippen molar-refractivity contribution in [3.63, 3.8) is 0 Å². The van der Waals surface area contributed by atoms with Crippen LogP contribution in [0.1, 0.15) is 23.8 Å². The van der Waals surface area contributed by atoms with Gasteiger partial charge in [0.1, 0.15) is 11.5 Å². The molecule has 0 radical (unpaired) electrons. The van der Waals surface area contributed by atoms with E-state index in [4.69, 9.17) is 5.73 Å². The molecular formula is C10H14FN3O. The van der Waals surface area contributed by atoms with Gasteiger partial charge < -0.3 is 11.1 Å². The van der Waals surface area contributed by atoms with E-state index >= 15 is 0 Å². The van der Waals surface area contributed by atoms with Gasteiger partial charge in [-0.2, -0.15) is 0 Å². The van der Waals surface area contributed by atoms with Gasteiger partial charge in [-0.3, -0.25) is 4.79 Å². The minimum Gasteiger partial charge on any atom is -0.347 e. The highest BCUT2D eigenvalue weighted by Crippen LogP contribution is 1.99. The third-order valence-electron chi connectivity index (χ3n) is 2.07. The molecule has 5 heteroatoms. The summed E-state index contributed by atoms with van der Waals surface area (Å²) in [6, 6.07) is 2.48. The average molecular weight is 211 g/mol. The van der Waals surface area contributed by atoms with E-state index in [9.17, 15) is 9.18 Å². The fraction of sp³-hybridized carbons (Fsp3) is 0.400. The highest BCUT2D eigenvalue weighted by Gasteiger charge is 2.11. The molecule has 0 saturated carbocycles. The van der Waals surface area contributed by atoms with Gasteiger partial charge in [-0.25, -0.2) is 9.37 Å². The second kappa shape index (κ2) is 5.41. The van der Waals surface area contributed by atoms with Gasteiger partial charge >= 0.3 is 0 Å². The zero-order valence-electron chi connectivity index (χ0n) is 8.53. The topological polar surface area (TPSA) is 68.0 Å². The molecule has 82 valence electrons. The van der Waals surface area contributed by atoms with Crippen molar-refractivity contribution in [3.8, 4) is 0 Å². The maximum absolute atomic E-state index is 12.5. The van der Waals surface area contributed by atoms with Gasteiger partial charge in [-0.1, -0.05) is 6.92 Å². The van der Waals surface area contributed by atoms with E-state index in [-0.39, 0.29) is 17.6 Å². The van der Waals surface area contributed by atoms with Gasteiger partial charge in [0, 0.05) is 12.6 Å². The SMILES string of the molecule is CCC(CN)NC(=O)c1ccc(F)cn1. The predicted octanol–water partition coefficient (Wildman–Crippen LogP) is 0.688. The number of aromatic nitrogens is 1. The van der Waals surface area contributed by atoms with Crippen LogP contribution in [-0.4, -0.2) is 23.5 Å². The van der Waals surface area contributed by atoms with Crippen molar-refractivity contribution in [2.24, 2.45) is 5.73 Å². The number of nitrogens with two attached hydrogens (primary N) is 1. The number of hydrogen-bond donors (Lipinski definition) is 2. The Labute approximate surface area is 87.7 Å². The van der Waals surface area contributed by atoms with Crippen molar-refractivity contribution < 1.29 is 9.18 Å². The van der Waals surface area contributed by atoms with Crippen LogP contribution < -0.4 is 11.1 Å². The number of halogens is 1. The van der Waals surface area contributed by atoms with Crippen molar-refractivity contribution in [2.75, 3.05) is 6.54 Å². The predicted molar refractivity (Wildman–Crippen MR) is 54.8 cm³/mol. The summed E-state index contributed by atoms with van der Waals surface area (Å²) in [4.78, 5) is 15.2. The molecule has 4 nitrogen and oxygen atoms in total. The lowest BCUT2D eigenvalue weighted by molar-refractivity contribution is 0.0932. The van der Waals surface area contributed by atoms with Crippen LogP contribution in [-0.2, 0) is 0 Å². The van der Waals surface area contributed by atoms with Gasteiger partial charge in [0.25, 0.3) is 5.91 Å². The maximum Gasteiger partial charge on any atom is 0.270 e. The summed E-state index contributed by atoms with van der Waals surface area (Å²) in [6.45, 7) is 2.30. The quantitative estimate of drug-likeness (QED) is 0.769. The Balaban J connectivity index is 2.64. The molecule has 0 saturated heterocycles. The molecule has 1 aromatic rings. The maximum atomic E-state index is 12.5. The molecule has 0 aromatic carbocycles.